The van der Waals surface area contributed by atoms with Crippen LogP contribution < -0.4 is 0 Å². The van der Waals surface area contributed by atoms with E-state index in [4.69, 9.17) is 5.26 Å². The Morgan fingerprint density at radius 2 is 2.38 bits per heavy atom. The fraction of sp³-hybridized carbons (Fsp3) is 0.571. The third-order valence-electron chi connectivity index (χ3n) is 1.71. The third-order valence-corrected chi connectivity index (χ3v) is 3.30. The quantitative estimate of drug-likeness (QED) is 0.654. The normalized spacial score (nSPS) is 19.2. The lowest BCUT2D eigenvalue weighted by Crippen LogP contribution is -2.36. The molecule has 0 saturated heterocycles. The molecule has 0 fully saturated rings. The van der Waals surface area contributed by atoms with Gasteiger partial charge in [-0.25, -0.2) is 12.8 Å². The van der Waals surface area contributed by atoms with Crippen molar-refractivity contribution in [2.75, 3.05) is 18.8 Å². The molecule has 0 saturated carbocycles. The fourth-order valence-corrected chi connectivity index (χ4v) is 2.14. The highest BCUT2D eigenvalue weighted by molar-refractivity contribution is 7.89. The van der Waals surface area contributed by atoms with Crippen LogP contribution in [0.25, 0.3) is 0 Å². The topological polar surface area (TPSA) is 61.2 Å². The van der Waals surface area contributed by atoms with E-state index in [9.17, 15) is 12.8 Å². The van der Waals surface area contributed by atoms with Crippen LogP contribution in [0.1, 0.15) is 6.42 Å². The SMILES string of the molecule is N#CCS(=O)(=O)N1CCC=C(F)C1. The Hall–Kier alpha value is -0.930. The molecule has 72 valence electrons. The van der Waals surface area contributed by atoms with E-state index < -0.39 is 21.6 Å². The molecule has 1 heterocycles. The molecule has 0 unspecified atom stereocenters. The van der Waals surface area contributed by atoms with Gasteiger partial charge in [0.25, 0.3) is 0 Å². The van der Waals surface area contributed by atoms with Gasteiger partial charge in [-0.05, 0) is 6.42 Å². The first-order valence-corrected chi connectivity index (χ1v) is 5.36. The summed E-state index contributed by atoms with van der Waals surface area (Å²) in [6.45, 7) is 0.0292. The molecule has 0 radical (unpaired) electrons. The molecule has 6 heteroatoms. The van der Waals surface area contributed by atoms with Crippen LogP contribution in [0.2, 0.25) is 0 Å². The third kappa shape index (κ3) is 2.50. The summed E-state index contributed by atoms with van der Waals surface area (Å²) < 4.78 is 36.1. The molecule has 0 amide bonds. The van der Waals surface area contributed by atoms with Crippen molar-refractivity contribution in [3.8, 4) is 6.07 Å². The van der Waals surface area contributed by atoms with Crippen LogP contribution in [0.15, 0.2) is 11.9 Å². The minimum Gasteiger partial charge on any atom is -0.211 e. The molecular formula is C7H9FN2O2S. The zero-order valence-electron chi connectivity index (χ0n) is 6.90. The second-order valence-electron chi connectivity index (χ2n) is 2.69. The standard InChI is InChI=1S/C7H9FN2O2S/c8-7-2-1-4-10(6-7)13(11,12)5-3-9/h2H,1,4-6H2. The minimum atomic E-state index is -3.57. The van der Waals surface area contributed by atoms with Crippen molar-refractivity contribution in [2.45, 2.75) is 6.42 Å². The highest BCUT2D eigenvalue weighted by atomic mass is 32.2. The van der Waals surface area contributed by atoms with Crippen molar-refractivity contribution in [2.24, 2.45) is 0 Å². The van der Waals surface area contributed by atoms with Crippen LogP contribution in [0.4, 0.5) is 4.39 Å². The Morgan fingerprint density at radius 3 is 2.92 bits per heavy atom. The van der Waals surface area contributed by atoms with Crippen molar-refractivity contribution in [3.63, 3.8) is 0 Å². The number of nitrogens with zero attached hydrogens (tertiary/aromatic N) is 2. The molecule has 0 aromatic rings. The first-order chi connectivity index (χ1) is 6.06. The van der Waals surface area contributed by atoms with Gasteiger partial charge >= 0.3 is 0 Å². The molecule has 0 aliphatic carbocycles. The van der Waals surface area contributed by atoms with E-state index in [1.807, 2.05) is 0 Å². The lowest BCUT2D eigenvalue weighted by Gasteiger charge is -2.22. The largest absolute Gasteiger partial charge is 0.227 e. The van der Waals surface area contributed by atoms with Crippen molar-refractivity contribution < 1.29 is 12.8 Å². The van der Waals surface area contributed by atoms with Gasteiger partial charge in [-0.3, -0.25) is 0 Å². The summed E-state index contributed by atoms with van der Waals surface area (Å²) >= 11 is 0. The molecule has 1 aliphatic rings. The van der Waals surface area contributed by atoms with Gasteiger partial charge < -0.3 is 0 Å². The molecular weight excluding hydrogens is 195 g/mol. The van der Waals surface area contributed by atoms with E-state index in [0.717, 1.165) is 4.31 Å². The lowest BCUT2D eigenvalue weighted by molar-refractivity contribution is 0.390. The molecule has 0 spiro atoms. The summed E-state index contributed by atoms with van der Waals surface area (Å²) in [6.07, 6.45) is 1.73. The smallest absolute Gasteiger partial charge is 0.211 e. The van der Waals surface area contributed by atoms with E-state index in [1.165, 1.54) is 6.08 Å². The van der Waals surface area contributed by atoms with Crippen LogP contribution in [-0.4, -0.2) is 31.6 Å². The van der Waals surface area contributed by atoms with Gasteiger partial charge in [0.2, 0.25) is 10.0 Å². The Bertz CT molecular complexity index is 355. The van der Waals surface area contributed by atoms with Gasteiger partial charge in [0, 0.05) is 6.54 Å². The molecule has 1 rings (SSSR count). The number of rotatable bonds is 2. The second-order valence-corrected chi connectivity index (χ2v) is 4.66. The van der Waals surface area contributed by atoms with E-state index in [-0.39, 0.29) is 13.1 Å². The maximum Gasteiger partial charge on any atom is 0.227 e. The maximum absolute atomic E-state index is 12.7. The zero-order valence-corrected chi connectivity index (χ0v) is 7.72. The summed E-state index contributed by atoms with van der Waals surface area (Å²) in [5.74, 6) is -1.03. The maximum atomic E-state index is 12.7. The first kappa shape index (κ1) is 10.2. The number of hydrogen-bond donors (Lipinski definition) is 0. The van der Waals surface area contributed by atoms with Crippen LogP contribution >= 0.6 is 0 Å². The summed E-state index contributed by atoms with van der Waals surface area (Å²) in [5, 5.41) is 8.23. The summed E-state index contributed by atoms with van der Waals surface area (Å²) in [7, 11) is -3.57. The van der Waals surface area contributed by atoms with E-state index in [1.54, 1.807) is 6.07 Å². The summed E-state index contributed by atoms with van der Waals surface area (Å²) in [4.78, 5) is 0. The monoisotopic (exact) mass is 204 g/mol. The van der Waals surface area contributed by atoms with Gasteiger partial charge in [-0.2, -0.15) is 9.57 Å². The number of halogens is 1. The molecule has 4 nitrogen and oxygen atoms in total. The van der Waals surface area contributed by atoms with Gasteiger partial charge in [0.1, 0.15) is 5.83 Å². The molecule has 0 aromatic heterocycles. The summed E-state index contributed by atoms with van der Waals surface area (Å²) in [6, 6.07) is 1.55. The Kier molecular flexibility index (Phi) is 3.01. The number of hydrogen-bond acceptors (Lipinski definition) is 3. The molecule has 1 aliphatic heterocycles. The van der Waals surface area contributed by atoms with Gasteiger partial charge in [-0.1, -0.05) is 6.08 Å². The highest BCUT2D eigenvalue weighted by Crippen LogP contribution is 2.14. The van der Waals surface area contributed by atoms with E-state index >= 15 is 0 Å². The van der Waals surface area contributed by atoms with E-state index in [0.29, 0.717) is 6.42 Å². The minimum absolute atomic E-state index is 0.232. The van der Waals surface area contributed by atoms with Crippen molar-refractivity contribution in [3.05, 3.63) is 11.9 Å². The zero-order chi connectivity index (χ0) is 9.90. The highest BCUT2D eigenvalue weighted by Gasteiger charge is 2.24. The fourth-order valence-electron chi connectivity index (χ4n) is 1.09. The first-order valence-electron chi connectivity index (χ1n) is 3.75. The molecule has 0 aromatic carbocycles. The molecule has 0 N–H and O–H groups in total. The average Bonchev–Trinajstić information content (AvgIpc) is 2.04. The van der Waals surface area contributed by atoms with Crippen LogP contribution in [0, 0.1) is 11.3 Å². The molecule has 13 heavy (non-hydrogen) atoms. The van der Waals surface area contributed by atoms with Gasteiger partial charge in [0.05, 0.1) is 12.6 Å². The van der Waals surface area contributed by atoms with Crippen molar-refractivity contribution in [1.29, 1.82) is 5.26 Å². The van der Waals surface area contributed by atoms with Crippen LogP contribution in [0.5, 0.6) is 0 Å². The molecule has 0 atom stereocenters. The Morgan fingerprint density at radius 1 is 1.69 bits per heavy atom. The summed E-state index contributed by atoms with van der Waals surface area (Å²) in [5.41, 5.74) is 0. The van der Waals surface area contributed by atoms with Crippen LogP contribution in [0.3, 0.4) is 0 Å². The van der Waals surface area contributed by atoms with Crippen molar-refractivity contribution in [1.82, 2.24) is 4.31 Å². The van der Waals surface area contributed by atoms with Gasteiger partial charge in [-0.15, -0.1) is 0 Å². The predicted octanol–water partition coefficient (Wildman–Crippen LogP) is 0.399. The number of sulfonamides is 1. The van der Waals surface area contributed by atoms with Crippen molar-refractivity contribution >= 4 is 10.0 Å². The lowest BCUT2D eigenvalue weighted by atomic mass is 10.3. The van der Waals surface area contributed by atoms with Gasteiger partial charge in [0.15, 0.2) is 5.75 Å². The number of nitriles is 1. The van der Waals surface area contributed by atoms with Crippen LogP contribution in [-0.2, 0) is 10.0 Å². The Balaban J connectivity index is 2.75. The average molecular weight is 204 g/mol. The Labute approximate surface area is 76.3 Å². The second kappa shape index (κ2) is 3.85. The predicted molar refractivity (Wildman–Crippen MR) is 44.8 cm³/mol. The van der Waals surface area contributed by atoms with E-state index in [2.05, 4.69) is 0 Å². The molecule has 0 bridgehead atoms.